The van der Waals surface area contributed by atoms with E-state index in [0.717, 1.165) is 0 Å². The van der Waals surface area contributed by atoms with E-state index >= 15 is 0 Å². The van der Waals surface area contributed by atoms with Crippen molar-refractivity contribution < 1.29 is 14.1 Å². The van der Waals surface area contributed by atoms with Crippen LogP contribution >= 0.6 is 23.2 Å². The quantitative estimate of drug-likeness (QED) is 0.890. The minimum absolute atomic E-state index is 0.177. The summed E-state index contributed by atoms with van der Waals surface area (Å²) in [5.41, 5.74) is 0.493. The van der Waals surface area contributed by atoms with Crippen molar-refractivity contribution >= 4 is 34.8 Å². The third-order valence-electron chi connectivity index (χ3n) is 3.55. The van der Waals surface area contributed by atoms with E-state index in [1.807, 2.05) is 4.90 Å². The Morgan fingerprint density at radius 1 is 1.46 bits per heavy atom. The molecule has 2 heterocycles. The molecule has 1 fully saturated rings. The van der Waals surface area contributed by atoms with Crippen LogP contribution in [-0.2, 0) is 9.53 Å². The van der Waals surface area contributed by atoms with Gasteiger partial charge in [-0.15, -0.1) is 0 Å². The molecule has 0 saturated carbocycles. The van der Waals surface area contributed by atoms with Gasteiger partial charge in [-0.3, -0.25) is 9.69 Å². The second kappa shape index (κ2) is 7.48. The van der Waals surface area contributed by atoms with E-state index in [1.54, 1.807) is 25.1 Å². The van der Waals surface area contributed by atoms with Crippen LogP contribution in [0.2, 0.25) is 10.0 Å². The van der Waals surface area contributed by atoms with E-state index in [-0.39, 0.29) is 18.6 Å². The van der Waals surface area contributed by atoms with Gasteiger partial charge in [-0.05, 0) is 18.2 Å². The molecule has 3 rings (SSSR count). The Morgan fingerprint density at radius 2 is 2.29 bits per heavy atom. The van der Waals surface area contributed by atoms with E-state index in [4.69, 9.17) is 32.5 Å². The molecule has 0 bridgehead atoms. The minimum atomic E-state index is -0.307. The van der Waals surface area contributed by atoms with Crippen molar-refractivity contribution in [2.45, 2.75) is 13.0 Å². The molecule has 0 aliphatic carbocycles. The number of nitrogens with zero attached hydrogens (tertiary/aromatic N) is 3. The van der Waals surface area contributed by atoms with E-state index < -0.39 is 0 Å². The first-order chi connectivity index (χ1) is 11.5. The van der Waals surface area contributed by atoms with Crippen LogP contribution in [0, 0.1) is 6.92 Å². The Hall–Kier alpha value is -1.67. The molecule has 0 spiro atoms. The summed E-state index contributed by atoms with van der Waals surface area (Å²) >= 11 is 12.0. The zero-order chi connectivity index (χ0) is 17.1. The first kappa shape index (κ1) is 17.2. The maximum absolute atomic E-state index is 12.2. The lowest BCUT2D eigenvalue weighted by atomic mass is 10.2. The van der Waals surface area contributed by atoms with Crippen molar-refractivity contribution in [1.82, 2.24) is 15.0 Å². The molecule has 0 unspecified atom stereocenters. The molecular formula is C15H16Cl2N4O3. The van der Waals surface area contributed by atoms with Crippen molar-refractivity contribution in [3.8, 4) is 0 Å². The first-order valence-corrected chi connectivity index (χ1v) is 8.16. The van der Waals surface area contributed by atoms with E-state index in [2.05, 4.69) is 15.5 Å². The summed E-state index contributed by atoms with van der Waals surface area (Å²) in [5, 5.41) is 7.59. The van der Waals surface area contributed by atoms with Crippen LogP contribution in [-0.4, -0.2) is 47.2 Å². The van der Waals surface area contributed by atoms with Crippen molar-refractivity contribution in [3.05, 3.63) is 40.0 Å². The molecule has 9 heteroatoms. The topological polar surface area (TPSA) is 80.5 Å². The number of benzene rings is 1. The van der Waals surface area contributed by atoms with Crippen LogP contribution < -0.4 is 5.32 Å². The highest BCUT2D eigenvalue weighted by atomic mass is 35.5. The lowest BCUT2D eigenvalue weighted by Crippen LogP contribution is -2.42. The van der Waals surface area contributed by atoms with Gasteiger partial charge in [0.25, 0.3) is 0 Å². The number of ether oxygens (including phenoxy) is 1. The highest BCUT2D eigenvalue weighted by molar-refractivity contribution is 6.35. The summed E-state index contributed by atoms with van der Waals surface area (Å²) in [6, 6.07) is 4.92. The van der Waals surface area contributed by atoms with Crippen LogP contribution in [0.3, 0.4) is 0 Å². The highest BCUT2D eigenvalue weighted by Gasteiger charge is 2.27. The summed E-state index contributed by atoms with van der Waals surface area (Å²) < 4.78 is 10.6. The Kier molecular flexibility index (Phi) is 5.35. The Balaban J connectivity index is 1.59. The molecule has 1 amide bonds. The molecule has 1 atom stereocenters. The van der Waals surface area contributed by atoms with Gasteiger partial charge in [-0.2, -0.15) is 4.98 Å². The molecule has 1 aromatic carbocycles. The number of hydrogen-bond acceptors (Lipinski definition) is 6. The van der Waals surface area contributed by atoms with E-state index in [9.17, 15) is 4.79 Å². The Labute approximate surface area is 148 Å². The number of hydrogen-bond donors (Lipinski definition) is 1. The maximum atomic E-state index is 12.2. The monoisotopic (exact) mass is 370 g/mol. The van der Waals surface area contributed by atoms with Gasteiger partial charge in [-0.1, -0.05) is 28.4 Å². The van der Waals surface area contributed by atoms with Crippen LogP contribution in [0.5, 0.6) is 0 Å². The molecule has 2 aromatic rings. The number of nitrogens with one attached hydrogen (secondary N) is 1. The van der Waals surface area contributed by atoms with Gasteiger partial charge in [0.15, 0.2) is 0 Å². The van der Waals surface area contributed by atoms with Gasteiger partial charge in [0.1, 0.15) is 6.10 Å². The number of carbonyl (C=O) groups excluding carboxylic acids is 1. The number of carbonyl (C=O) groups is 1. The van der Waals surface area contributed by atoms with Gasteiger partial charge in [0.05, 0.1) is 23.9 Å². The lowest BCUT2D eigenvalue weighted by Gasteiger charge is -2.30. The number of morpholine rings is 1. The number of halogens is 2. The van der Waals surface area contributed by atoms with Gasteiger partial charge < -0.3 is 14.6 Å². The largest absolute Gasteiger partial charge is 0.367 e. The second-order valence-electron chi connectivity index (χ2n) is 5.44. The zero-order valence-electron chi connectivity index (χ0n) is 13.0. The van der Waals surface area contributed by atoms with Crippen LogP contribution in [0.1, 0.15) is 17.8 Å². The van der Waals surface area contributed by atoms with Gasteiger partial charge >= 0.3 is 0 Å². The number of amides is 1. The normalized spacial score (nSPS) is 18.5. The average molecular weight is 371 g/mol. The van der Waals surface area contributed by atoms with Crippen molar-refractivity contribution in [2.24, 2.45) is 0 Å². The molecule has 24 heavy (non-hydrogen) atoms. The molecule has 128 valence electrons. The molecule has 1 aromatic heterocycles. The fourth-order valence-electron chi connectivity index (χ4n) is 2.43. The summed E-state index contributed by atoms with van der Waals surface area (Å²) in [7, 11) is 0. The van der Waals surface area contributed by atoms with Gasteiger partial charge in [-0.25, -0.2) is 0 Å². The Morgan fingerprint density at radius 3 is 3.04 bits per heavy atom. The highest BCUT2D eigenvalue weighted by Crippen LogP contribution is 2.25. The fourth-order valence-corrected chi connectivity index (χ4v) is 2.77. The van der Waals surface area contributed by atoms with Crippen molar-refractivity contribution in [1.29, 1.82) is 0 Å². The molecular weight excluding hydrogens is 355 g/mol. The lowest BCUT2D eigenvalue weighted by molar-refractivity contribution is -0.119. The smallest absolute Gasteiger partial charge is 0.238 e. The molecule has 0 radical (unpaired) electrons. The van der Waals surface area contributed by atoms with Crippen LogP contribution in [0.15, 0.2) is 22.7 Å². The third-order valence-corrected chi connectivity index (χ3v) is 4.12. The molecule has 1 N–H and O–H groups in total. The van der Waals surface area contributed by atoms with Crippen LogP contribution in [0.25, 0.3) is 0 Å². The number of anilines is 1. The predicted octanol–water partition coefficient (Wildman–Crippen LogP) is 2.70. The molecule has 1 saturated heterocycles. The average Bonchev–Trinajstić information content (AvgIpc) is 2.98. The number of aryl methyl sites for hydroxylation is 1. The summed E-state index contributed by atoms with van der Waals surface area (Å²) in [6.45, 7) is 3.57. The number of rotatable bonds is 4. The number of aromatic nitrogens is 2. The minimum Gasteiger partial charge on any atom is -0.367 e. The Bertz CT molecular complexity index is 737. The molecule has 7 nitrogen and oxygen atoms in total. The molecule has 1 aliphatic heterocycles. The standard InChI is InChI=1S/C15H16Cl2N4O3/c1-9-18-15(20-24-9)13-7-21(4-5-23-13)8-14(22)19-12-6-10(16)2-3-11(12)17/h2-3,6,13H,4-5,7-8H2,1H3,(H,19,22)/t13-/m1/s1. The summed E-state index contributed by atoms with van der Waals surface area (Å²) in [4.78, 5) is 18.4. The second-order valence-corrected chi connectivity index (χ2v) is 6.28. The van der Waals surface area contributed by atoms with Crippen LogP contribution in [0.4, 0.5) is 5.69 Å². The summed E-state index contributed by atoms with van der Waals surface area (Å²) in [6.07, 6.45) is -0.307. The third kappa shape index (κ3) is 4.24. The van der Waals surface area contributed by atoms with E-state index in [1.165, 1.54) is 0 Å². The van der Waals surface area contributed by atoms with Crippen molar-refractivity contribution in [2.75, 3.05) is 31.6 Å². The first-order valence-electron chi connectivity index (χ1n) is 7.40. The molecule has 1 aliphatic rings. The SMILES string of the molecule is Cc1nc([C@H]2CN(CC(=O)Nc3cc(Cl)ccc3Cl)CCO2)no1. The maximum Gasteiger partial charge on any atom is 0.238 e. The van der Waals surface area contributed by atoms with E-state index in [0.29, 0.717) is 47.1 Å². The van der Waals surface area contributed by atoms with Crippen molar-refractivity contribution in [3.63, 3.8) is 0 Å². The van der Waals surface area contributed by atoms with Gasteiger partial charge in [0, 0.05) is 25.0 Å². The fraction of sp³-hybridized carbons (Fsp3) is 0.400. The summed E-state index contributed by atoms with van der Waals surface area (Å²) in [5.74, 6) is 0.804. The van der Waals surface area contributed by atoms with Gasteiger partial charge in [0.2, 0.25) is 17.6 Å². The zero-order valence-corrected chi connectivity index (χ0v) is 14.5. The predicted molar refractivity (Wildman–Crippen MR) is 89.3 cm³/mol.